The summed E-state index contributed by atoms with van der Waals surface area (Å²) in [6.45, 7) is 0.610. The fourth-order valence-corrected chi connectivity index (χ4v) is 2.17. The van der Waals surface area contributed by atoms with Crippen LogP contribution in [0.15, 0.2) is 73.2 Å². The lowest BCUT2D eigenvalue weighted by molar-refractivity contribution is 0.293. The lowest BCUT2D eigenvalue weighted by Gasteiger charge is -2.11. The van der Waals surface area contributed by atoms with Crippen molar-refractivity contribution in [3.8, 4) is 17.4 Å². The molecule has 4 heteroatoms. The van der Waals surface area contributed by atoms with Gasteiger partial charge in [-0.05, 0) is 54.8 Å². The number of pyridine rings is 2. The number of rotatable bonds is 7. The van der Waals surface area contributed by atoms with Crippen LogP contribution in [0.5, 0.6) is 17.4 Å². The lowest BCUT2D eigenvalue weighted by atomic mass is 10.1. The van der Waals surface area contributed by atoms with Crippen molar-refractivity contribution >= 4 is 0 Å². The van der Waals surface area contributed by atoms with E-state index in [1.165, 1.54) is 5.56 Å². The van der Waals surface area contributed by atoms with Crippen molar-refractivity contribution < 1.29 is 9.47 Å². The second-order valence-electron chi connectivity index (χ2n) is 5.03. The maximum absolute atomic E-state index is 5.83. The van der Waals surface area contributed by atoms with E-state index in [0.717, 1.165) is 18.6 Å². The van der Waals surface area contributed by atoms with Crippen molar-refractivity contribution in [2.75, 3.05) is 6.61 Å². The molecule has 3 rings (SSSR count). The molecular weight excluding hydrogens is 288 g/mol. The largest absolute Gasteiger partial charge is 0.488 e. The van der Waals surface area contributed by atoms with Crippen molar-refractivity contribution in [2.45, 2.75) is 12.8 Å². The Morgan fingerprint density at radius 3 is 2.48 bits per heavy atom. The van der Waals surface area contributed by atoms with Crippen LogP contribution in [0.25, 0.3) is 0 Å². The molecular formula is C19H18N2O2. The Hall–Kier alpha value is -2.88. The minimum Gasteiger partial charge on any atom is -0.488 e. The second kappa shape index (κ2) is 7.94. The number of nitrogens with zero attached hydrogens (tertiary/aromatic N) is 2. The van der Waals surface area contributed by atoms with Gasteiger partial charge < -0.3 is 9.47 Å². The number of hydrogen-bond donors (Lipinski definition) is 0. The summed E-state index contributed by atoms with van der Waals surface area (Å²) in [5.74, 6) is 1.89. The van der Waals surface area contributed by atoms with Crippen LogP contribution >= 0.6 is 0 Å². The van der Waals surface area contributed by atoms with Crippen LogP contribution < -0.4 is 9.47 Å². The summed E-state index contributed by atoms with van der Waals surface area (Å²) < 4.78 is 11.6. The molecule has 0 aliphatic carbocycles. The smallest absolute Gasteiger partial charge is 0.262 e. The Morgan fingerprint density at radius 1 is 0.826 bits per heavy atom. The molecule has 0 saturated heterocycles. The third kappa shape index (κ3) is 4.54. The standard InChI is InChI=1S/C19H18N2O2/c1-2-7-17(8-3-1)23-19-18(9-4-12-21-19)22-15-5-6-16-10-13-20-14-11-16/h1-4,7-14H,5-6,15H2. The van der Waals surface area contributed by atoms with Gasteiger partial charge in [-0.25, -0.2) is 4.98 Å². The highest BCUT2D eigenvalue weighted by molar-refractivity contribution is 5.36. The molecule has 116 valence electrons. The van der Waals surface area contributed by atoms with E-state index < -0.39 is 0 Å². The zero-order valence-corrected chi connectivity index (χ0v) is 12.8. The van der Waals surface area contributed by atoms with Crippen molar-refractivity contribution in [3.05, 3.63) is 78.8 Å². The Morgan fingerprint density at radius 2 is 1.65 bits per heavy atom. The summed E-state index contributed by atoms with van der Waals surface area (Å²) in [6.07, 6.45) is 7.19. The van der Waals surface area contributed by atoms with E-state index in [0.29, 0.717) is 18.2 Å². The highest BCUT2D eigenvalue weighted by Gasteiger charge is 2.07. The van der Waals surface area contributed by atoms with Crippen molar-refractivity contribution in [3.63, 3.8) is 0 Å². The van der Waals surface area contributed by atoms with Gasteiger partial charge in [-0.2, -0.15) is 0 Å². The minimum atomic E-state index is 0.489. The zero-order valence-electron chi connectivity index (χ0n) is 12.8. The Bertz CT molecular complexity index is 718. The summed E-state index contributed by atoms with van der Waals surface area (Å²) in [6, 6.07) is 17.3. The highest BCUT2D eigenvalue weighted by Crippen LogP contribution is 2.28. The average molecular weight is 306 g/mol. The van der Waals surface area contributed by atoms with Gasteiger partial charge in [-0.15, -0.1) is 0 Å². The van der Waals surface area contributed by atoms with Crippen molar-refractivity contribution in [2.24, 2.45) is 0 Å². The molecule has 0 fully saturated rings. The van der Waals surface area contributed by atoms with E-state index in [1.807, 2.05) is 67.0 Å². The topological polar surface area (TPSA) is 44.2 Å². The minimum absolute atomic E-state index is 0.489. The van der Waals surface area contributed by atoms with E-state index in [9.17, 15) is 0 Å². The molecule has 2 heterocycles. The molecule has 23 heavy (non-hydrogen) atoms. The molecule has 0 aliphatic rings. The molecule has 0 bridgehead atoms. The molecule has 0 amide bonds. The van der Waals surface area contributed by atoms with E-state index in [-0.39, 0.29) is 0 Å². The van der Waals surface area contributed by atoms with E-state index in [1.54, 1.807) is 6.20 Å². The first-order valence-corrected chi connectivity index (χ1v) is 7.61. The van der Waals surface area contributed by atoms with E-state index >= 15 is 0 Å². The van der Waals surface area contributed by atoms with Crippen LogP contribution in [0, 0.1) is 0 Å². The van der Waals surface area contributed by atoms with Gasteiger partial charge in [0.05, 0.1) is 6.61 Å². The van der Waals surface area contributed by atoms with Crippen LogP contribution in [0.1, 0.15) is 12.0 Å². The van der Waals surface area contributed by atoms with Crippen molar-refractivity contribution in [1.82, 2.24) is 9.97 Å². The average Bonchev–Trinajstić information content (AvgIpc) is 2.62. The number of aryl methyl sites for hydroxylation is 1. The number of benzene rings is 1. The van der Waals surface area contributed by atoms with Crippen LogP contribution in [0.2, 0.25) is 0 Å². The molecule has 0 aliphatic heterocycles. The number of ether oxygens (including phenoxy) is 2. The normalized spacial score (nSPS) is 10.3. The fourth-order valence-electron chi connectivity index (χ4n) is 2.17. The third-order valence-corrected chi connectivity index (χ3v) is 3.31. The molecule has 0 saturated carbocycles. The van der Waals surface area contributed by atoms with Crippen LogP contribution in [0.4, 0.5) is 0 Å². The van der Waals surface area contributed by atoms with Gasteiger partial charge in [0, 0.05) is 18.6 Å². The predicted octanol–water partition coefficient (Wildman–Crippen LogP) is 4.28. The maximum Gasteiger partial charge on any atom is 0.262 e. The van der Waals surface area contributed by atoms with Gasteiger partial charge in [0.15, 0.2) is 5.75 Å². The van der Waals surface area contributed by atoms with Crippen LogP contribution in [0.3, 0.4) is 0 Å². The first kappa shape index (κ1) is 15.0. The number of aromatic nitrogens is 2. The number of para-hydroxylation sites is 1. The molecule has 0 unspecified atom stereocenters. The summed E-state index contributed by atoms with van der Waals surface area (Å²) in [4.78, 5) is 8.27. The summed E-state index contributed by atoms with van der Waals surface area (Å²) in [5, 5.41) is 0. The van der Waals surface area contributed by atoms with Gasteiger partial charge in [0.25, 0.3) is 5.88 Å². The van der Waals surface area contributed by atoms with Gasteiger partial charge in [-0.1, -0.05) is 18.2 Å². The maximum atomic E-state index is 5.83. The van der Waals surface area contributed by atoms with Gasteiger partial charge >= 0.3 is 0 Å². The lowest BCUT2D eigenvalue weighted by Crippen LogP contribution is -2.01. The molecule has 0 N–H and O–H groups in total. The molecule has 0 radical (unpaired) electrons. The fraction of sp³-hybridized carbons (Fsp3) is 0.158. The van der Waals surface area contributed by atoms with Crippen LogP contribution in [-0.2, 0) is 6.42 Å². The molecule has 3 aromatic rings. The highest BCUT2D eigenvalue weighted by atomic mass is 16.5. The first-order valence-electron chi connectivity index (χ1n) is 7.61. The number of hydrogen-bond acceptors (Lipinski definition) is 4. The quantitative estimate of drug-likeness (QED) is 0.611. The predicted molar refractivity (Wildman–Crippen MR) is 88.8 cm³/mol. The van der Waals surface area contributed by atoms with Crippen molar-refractivity contribution in [1.29, 1.82) is 0 Å². The summed E-state index contributed by atoms with van der Waals surface area (Å²) >= 11 is 0. The molecule has 0 spiro atoms. The Balaban J connectivity index is 1.55. The molecule has 1 aromatic carbocycles. The van der Waals surface area contributed by atoms with Gasteiger partial charge in [0.1, 0.15) is 5.75 Å². The van der Waals surface area contributed by atoms with E-state index in [2.05, 4.69) is 9.97 Å². The Labute approximate surface area is 135 Å². The summed E-state index contributed by atoms with van der Waals surface area (Å²) in [5.41, 5.74) is 1.26. The molecule has 4 nitrogen and oxygen atoms in total. The molecule has 2 aromatic heterocycles. The Kier molecular flexibility index (Phi) is 5.19. The third-order valence-electron chi connectivity index (χ3n) is 3.31. The van der Waals surface area contributed by atoms with Crippen LogP contribution in [-0.4, -0.2) is 16.6 Å². The summed E-state index contributed by atoms with van der Waals surface area (Å²) in [7, 11) is 0. The first-order chi connectivity index (χ1) is 11.4. The van der Waals surface area contributed by atoms with E-state index in [4.69, 9.17) is 9.47 Å². The molecule has 0 atom stereocenters. The monoisotopic (exact) mass is 306 g/mol. The zero-order chi connectivity index (χ0) is 15.7. The second-order valence-corrected chi connectivity index (χ2v) is 5.03. The van der Waals surface area contributed by atoms with Gasteiger partial charge in [-0.3, -0.25) is 4.98 Å². The van der Waals surface area contributed by atoms with Gasteiger partial charge in [0.2, 0.25) is 0 Å². The SMILES string of the molecule is c1ccc(Oc2ncccc2OCCCc2ccncc2)cc1.